The van der Waals surface area contributed by atoms with Crippen molar-refractivity contribution in [1.29, 1.82) is 0 Å². The van der Waals surface area contributed by atoms with Gasteiger partial charge >= 0.3 is 5.97 Å². The van der Waals surface area contributed by atoms with Crippen LogP contribution in [0.4, 0.5) is 5.69 Å². The van der Waals surface area contributed by atoms with Gasteiger partial charge in [-0.25, -0.2) is 0 Å². The second-order valence-corrected chi connectivity index (χ2v) is 4.97. The van der Waals surface area contributed by atoms with Crippen LogP contribution in [-0.2, 0) is 9.59 Å². The van der Waals surface area contributed by atoms with E-state index in [0.717, 1.165) is 18.4 Å². The molecule has 0 bridgehead atoms. The van der Waals surface area contributed by atoms with Crippen LogP contribution < -0.4 is 9.64 Å². The molecule has 0 aliphatic carbocycles. The monoisotopic (exact) mass is 293 g/mol. The highest BCUT2D eigenvalue weighted by molar-refractivity contribution is 5.95. The Morgan fingerprint density at radius 1 is 1.29 bits per heavy atom. The van der Waals surface area contributed by atoms with Crippen molar-refractivity contribution in [2.75, 3.05) is 18.6 Å². The van der Waals surface area contributed by atoms with E-state index in [2.05, 4.69) is 0 Å². The molecule has 0 aliphatic rings. The van der Waals surface area contributed by atoms with Gasteiger partial charge in [0, 0.05) is 13.0 Å². The molecule has 1 N–H and O–H groups in total. The molecule has 0 spiro atoms. The number of methoxy groups -OCH3 is 1. The Morgan fingerprint density at radius 2 is 2.00 bits per heavy atom. The zero-order valence-corrected chi connectivity index (χ0v) is 12.9. The van der Waals surface area contributed by atoms with Crippen LogP contribution in [0.2, 0.25) is 0 Å². The quantitative estimate of drug-likeness (QED) is 0.800. The van der Waals surface area contributed by atoms with Crippen LogP contribution in [0.1, 0.15) is 38.2 Å². The van der Waals surface area contributed by atoms with Crippen LogP contribution >= 0.6 is 0 Å². The van der Waals surface area contributed by atoms with Crippen molar-refractivity contribution in [3.8, 4) is 5.75 Å². The molecule has 1 rings (SSSR count). The average molecular weight is 293 g/mol. The summed E-state index contributed by atoms with van der Waals surface area (Å²) in [7, 11) is 1.54. The summed E-state index contributed by atoms with van der Waals surface area (Å²) < 4.78 is 5.30. The van der Waals surface area contributed by atoms with Gasteiger partial charge in [-0.2, -0.15) is 0 Å². The van der Waals surface area contributed by atoms with Crippen molar-refractivity contribution in [2.45, 2.75) is 39.5 Å². The minimum absolute atomic E-state index is 0.0676. The molecule has 0 fully saturated rings. The number of ether oxygens (including phenoxy) is 1. The lowest BCUT2D eigenvalue weighted by Crippen LogP contribution is -2.33. The Kier molecular flexibility index (Phi) is 6.72. The molecular weight excluding hydrogens is 270 g/mol. The van der Waals surface area contributed by atoms with Crippen LogP contribution in [0.5, 0.6) is 5.75 Å². The number of nitrogens with zero attached hydrogens (tertiary/aromatic N) is 1. The number of unbranched alkanes of at least 4 members (excludes halogenated alkanes) is 1. The molecule has 116 valence electrons. The number of hydrogen-bond acceptors (Lipinski definition) is 3. The summed E-state index contributed by atoms with van der Waals surface area (Å²) in [5.74, 6) is -0.409. The Balaban J connectivity index is 3.06. The van der Waals surface area contributed by atoms with Crippen molar-refractivity contribution >= 4 is 17.6 Å². The predicted molar refractivity (Wildman–Crippen MR) is 81.9 cm³/mol. The van der Waals surface area contributed by atoms with Crippen molar-refractivity contribution in [2.24, 2.45) is 0 Å². The fourth-order valence-electron chi connectivity index (χ4n) is 2.06. The summed E-state index contributed by atoms with van der Waals surface area (Å²) in [6.45, 7) is 4.09. The van der Waals surface area contributed by atoms with Crippen molar-refractivity contribution < 1.29 is 19.4 Å². The number of rotatable bonds is 8. The first-order valence-corrected chi connectivity index (χ1v) is 7.16. The third kappa shape index (κ3) is 5.10. The number of carboxylic acids is 1. The summed E-state index contributed by atoms with van der Waals surface area (Å²) in [5.41, 5.74) is 1.63. The number of aryl methyl sites for hydroxylation is 1. The fraction of sp³-hybridized carbons (Fsp3) is 0.500. The maximum absolute atomic E-state index is 12.4. The van der Waals surface area contributed by atoms with Gasteiger partial charge in [-0.3, -0.25) is 9.59 Å². The Bertz CT molecular complexity index is 499. The first-order chi connectivity index (χ1) is 9.99. The van der Waals surface area contributed by atoms with Gasteiger partial charge < -0.3 is 14.7 Å². The maximum atomic E-state index is 12.4. The number of aliphatic carboxylic acids is 1. The molecule has 0 aromatic heterocycles. The van der Waals surface area contributed by atoms with Crippen molar-refractivity contribution in [3.63, 3.8) is 0 Å². The molecule has 1 aromatic rings. The van der Waals surface area contributed by atoms with Crippen LogP contribution in [0.3, 0.4) is 0 Å². The highest BCUT2D eigenvalue weighted by Crippen LogP contribution is 2.30. The Morgan fingerprint density at radius 3 is 2.57 bits per heavy atom. The molecule has 1 aromatic carbocycles. The van der Waals surface area contributed by atoms with E-state index in [1.807, 2.05) is 26.0 Å². The highest BCUT2D eigenvalue weighted by Gasteiger charge is 2.20. The van der Waals surface area contributed by atoms with Crippen LogP contribution in [0, 0.1) is 6.92 Å². The Hall–Kier alpha value is -2.04. The first-order valence-electron chi connectivity index (χ1n) is 7.16. The average Bonchev–Trinajstić information content (AvgIpc) is 2.45. The van der Waals surface area contributed by atoms with Gasteiger partial charge in [-0.05, 0) is 31.0 Å². The zero-order valence-electron chi connectivity index (χ0n) is 12.9. The molecule has 0 aliphatic heterocycles. The molecule has 0 unspecified atom stereocenters. The predicted octanol–water partition coefficient (Wildman–Crippen LogP) is 3.00. The summed E-state index contributed by atoms with van der Waals surface area (Å²) >= 11 is 0. The van der Waals surface area contributed by atoms with Crippen molar-refractivity contribution in [3.05, 3.63) is 23.8 Å². The molecule has 21 heavy (non-hydrogen) atoms. The molecule has 0 atom stereocenters. The summed E-state index contributed by atoms with van der Waals surface area (Å²) in [5, 5.41) is 8.88. The number of carbonyl (C=O) groups is 2. The molecule has 1 amide bonds. The number of carboxylic acid groups (broad SMARTS) is 1. The van der Waals surface area contributed by atoms with E-state index >= 15 is 0 Å². The number of amides is 1. The molecule has 5 nitrogen and oxygen atoms in total. The summed E-state index contributed by atoms with van der Waals surface area (Å²) in [4.78, 5) is 24.7. The van der Waals surface area contributed by atoms with Crippen LogP contribution in [0.25, 0.3) is 0 Å². The number of carbonyl (C=O) groups excluding carboxylic acids is 1. The van der Waals surface area contributed by atoms with Crippen LogP contribution in [-0.4, -0.2) is 30.6 Å². The molecule has 0 heterocycles. The lowest BCUT2D eigenvalue weighted by atomic mass is 10.1. The number of hydrogen-bond donors (Lipinski definition) is 1. The second-order valence-electron chi connectivity index (χ2n) is 4.97. The van der Waals surface area contributed by atoms with Gasteiger partial charge in [-0.1, -0.05) is 19.4 Å². The van der Waals surface area contributed by atoms with E-state index < -0.39 is 5.97 Å². The minimum atomic E-state index is -0.921. The molecule has 0 saturated carbocycles. The zero-order chi connectivity index (χ0) is 15.8. The fourth-order valence-corrected chi connectivity index (χ4v) is 2.06. The van der Waals surface area contributed by atoms with Gasteiger partial charge in [0.25, 0.3) is 0 Å². The van der Waals surface area contributed by atoms with E-state index in [4.69, 9.17) is 9.84 Å². The summed E-state index contributed by atoms with van der Waals surface area (Å²) in [6, 6.07) is 5.55. The first kappa shape index (κ1) is 17.0. The number of benzene rings is 1. The van der Waals surface area contributed by atoms with Crippen molar-refractivity contribution in [1.82, 2.24) is 0 Å². The lowest BCUT2D eigenvalue weighted by Gasteiger charge is -2.24. The third-order valence-corrected chi connectivity index (χ3v) is 3.22. The van der Waals surface area contributed by atoms with E-state index in [1.54, 1.807) is 13.2 Å². The third-order valence-electron chi connectivity index (χ3n) is 3.22. The Labute approximate surface area is 125 Å². The van der Waals surface area contributed by atoms with Crippen LogP contribution in [0.15, 0.2) is 18.2 Å². The van der Waals surface area contributed by atoms with Gasteiger partial charge in [0.2, 0.25) is 5.91 Å². The molecular formula is C16H23NO4. The van der Waals surface area contributed by atoms with Gasteiger partial charge in [0.15, 0.2) is 0 Å². The smallest absolute Gasteiger partial charge is 0.305 e. The molecule has 5 heteroatoms. The van der Waals surface area contributed by atoms with E-state index in [-0.39, 0.29) is 18.9 Å². The minimum Gasteiger partial charge on any atom is -0.495 e. The molecule has 0 radical (unpaired) electrons. The SMILES string of the molecule is CCCCC(=O)N(CCC(=O)O)c1cc(C)ccc1OC. The van der Waals surface area contributed by atoms with Gasteiger partial charge in [-0.15, -0.1) is 0 Å². The highest BCUT2D eigenvalue weighted by atomic mass is 16.5. The summed E-state index contributed by atoms with van der Waals surface area (Å²) in [6.07, 6.45) is 2.03. The lowest BCUT2D eigenvalue weighted by molar-refractivity contribution is -0.136. The standard InChI is InChI=1S/C16H23NO4/c1-4-5-6-15(18)17(10-9-16(19)20)13-11-12(2)7-8-14(13)21-3/h7-8,11H,4-6,9-10H2,1-3H3,(H,19,20). The van der Waals surface area contributed by atoms with E-state index in [9.17, 15) is 9.59 Å². The van der Waals surface area contributed by atoms with E-state index in [1.165, 1.54) is 4.90 Å². The normalized spacial score (nSPS) is 10.2. The maximum Gasteiger partial charge on any atom is 0.305 e. The van der Waals surface area contributed by atoms with Gasteiger partial charge in [0.05, 0.1) is 19.2 Å². The van der Waals surface area contributed by atoms with E-state index in [0.29, 0.717) is 17.9 Å². The topological polar surface area (TPSA) is 66.8 Å². The largest absolute Gasteiger partial charge is 0.495 e. The second kappa shape index (κ2) is 8.29. The van der Waals surface area contributed by atoms with Gasteiger partial charge in [0.1, 0.15) is 5.75 Å². The number of anilines is 1. The molecule has 0 saturated heterocycles.